The van der Waals surface area contributed by atoms with E-state index in [1.165, 1.54) is 72.6 Å². The topological polar surface area (TPSA) is 52.3 Å². The molecule has 1 saturated heterocycles. The molecule has 1 saturated carbocycles. The SMILES string of the molecule is C=CN.CC.CC(C)C.CC=O.CCCc1cccc(OC2CC2)c1.Cc1ccc(C2(C)CCSC2)cc1C. The van der Waals surface area contributed by atoms with Crippen LogP contribution in [0.5, 0.6) is 5.75 Å². The minimum atomic E-state index is 0.434. The number of hydrogen-bond donors (Lipinski definition) is 1. The van der Waals surface area contributed by atoms with Crippen LogP contribution in [0.2, 0.25) is 0 Å². The van der Waals surface area contributed by atoms with Crippen molar-refractivity contribution in [1.82, 2.24) is 0 Å². The molecule has 1 unspecified atom stereocenters. The molecule has 0 spiro atoms. The van der Waals surface area contributed by atoms with Crippen LogP contribution >= 0.6 is 11.8 Å². The molecule has 222 valence electrons. The van der Waals surface area contributed by atoms with Gasteiger partial charge in [0.2, 0.25) is 0 Å². The lowest BCUT2D eigenvalue weighted by atomic mass is 9.81. The van der Waals surface area contributed by atoms with Gasteiger partial charge in [0.1, 0.15) is 12.0 Å². The average Bonchev–Trinajstić information content (AvgIpc) is 3.59. The third kappa shape index (κ3) is 19.5. The molecule has 4 rings (SSSR count). The van der Waals surface area contributed by atoms with Gasteiger partial charge in [-0.2, -0.15) is 11.8 Å². The number of benzene rings is 2. The molecule has 1 aliphatic heterocycles. The van der Waals surface area contributed by atoms with E-state index in [0.717, 1.165) is 24.4 Å². The van der Waals surface area contributed by atoms with Gasteiger partial charge in [0, 0.05) is 11.2 Å². The fourth-order valence-electron chi connectivity index (χ4n) is 3.45. The number of rotatable bonds is 5. The molecule has 39 heavy (non-hydrogen) atoms. The van der Waals surface area contributed by atoms with Gasteiger partial charge >= 0.3 is 0 Å². The third-order valence-corrected chi connectivity index (χ3v) is 7.02. The van der Waals surface area contributed by atoms with Gasteiger partial charge in [-0.1, -0.05) is 91.8 Å². The highest BCUT2D eigenvalue weighted by Crippen LogP contribution is 2.39. The Morgan fingerprint density at radius 2 is 1.67 bits per heavy atom. The van der Waals surface area contributed by atoms with Crippen molar-refractivity contribution in [2.75, 3.05) is 11.5 Å². The molecular formula is C35H59NO2S. The van der Waals surface area contributed by atoms with Crippen LogP contribution in [0.25, 0.3) is 0 Å². The minimum Gasteiger partial charge on any atom is -0.490 e. The van der Waals surface area contributed by atoms with Crippen molar-refractivity contribution in [1.29, 1.82) is 0 Å². The predicted molar refractivity (Wildman–Crippen MR) is 177 cm³/mol. The van der Waals surface area contributed by atoms with E-state index in [1.807, 2.05) is 13.8 Å². The Morgan fingerprint density at radius 1 is 1.10 bits per heavy atom. The highest BCUT2D eigenvalue weighted by atomic mass is 32.2. The van der Waals surface area contributed by atoms with E-state index in [4.69, 9.17) is 9.53 Å². The van der Waals surface area contributed by atoms with E-state index >= 15 is 0 Å². The number of carbonyl (C=O) groups excluding carboxylic acids is 1. The first-order valence-corrected chi connectivity index (χ1v) is 15.9. The van der Waals surface area contributed by atoms with E-state index in [-0.39, 0.29) is 0 Å². The first kappa shape index (κ1) is 38.9. The van der Waals surface area contributed by atoms with Gasteiger partial charge in [0.15, 0.2) is 0 Å². The Hall–Kier alpha value is -2.20. The van der Waals surface area contributed by atoms with E-state index < -0.39 is 0 Å². The van der Waals surface area contributed by atoms with Crippen molar-refractivity contribution >= 4 is 18.0 Å². The molecule has 2 aliphatic rings. The Kier molecular flexibility index (Phi) is 23.6. The summed E-state index contributed by atoms with van der Waals surface area (Å²) >= 11 is 2.09. The van der Waals surface area contributed by atoms with Crippen LogP contribution in [0, 0.1) is 19.8 Å². The quantitative estimate of drug-likeness (QED) is 0.372. The maximum Gasteiger partial charge on any atom is 0.119 e. The van der Waals surface area contributed by atoms with Crippen LogP contribution in [-0.4, -0.2) is 23.9 Å². The predicted octanol–water partition coefficient (Wildman–Crippen LogP) is 9.86. The Balaban J connectivity index is 0. The number of nitrogens with two attached hydrogens (primary N) is 1. The second kappa shape index (κ2) is 23.7. The zero-order chi connectivity index (χ0) is 30.3. The molecule has 2 fully saturated rings. The molecule has 0 aromatic heterocycles. The molecule has 0 amide bonds. The molecule has 1 aliphatic carbocycles. The lowest BCUT2D eigenvalue weighted by Gasteiger charge is -2.24. The maximum atomic E-state index is 8.81. The van der Waals surface area contributed by atoms with E-state index in [2.05, 4.69) is 115 Å². The first-order chi connectivity index (χ1) is 18.6. The molecule has 0 bridgehead atoms. The minimum absolute atomic E-state index is 0.434. The lowest BCUT2D eigenvalue weighted by molar-refractivity contribution is -0.106. The van der Waals surface area contributed by atoms with Crippen molar-refractivity contribution in [3.05, 3.63) is 77.5 Å². The van der Waals surface area contributed by atoms with Gasteiger partial charge in [-0.25, -0.2) is 0 Å². The van der Waals surface area contributed by atoms with Crippen LogP contribution in [0.1, 0.15) is 103 Å². The van der Waals surface area contributed by atoms with Crippen LogP contribution in [-0.2, 0) is 16.6 Å². The molecule has 4 heteroatoms. The molecule has 2 aromatic carbocycles. The largest absolute Gasteiger partial charge is 0.490 e. The number of ether oxygens (including phenoxy) is 1. The highest BCUT2D eigenvalue weighted by Gasteiger charge is 2.31. The van der Waals surface area contributed by atoms with Gasteiger partial charge in [-0.15, -0.1) is 0 Å². The molecule has 3 nitrogen and oxygen atoms in total. The van der Waals surface area contributed by atoms with Crippen molar-refractivity contribution in [2.24, 2.45) is 11.7 Å². The molecule has 0 radical (unpaired) electrons. The number of carbonyl (C=O) groups is 1. The average molecular weight is 558 g/mol. The number of hydrogen-bond acceptors (Lipinski definition) is 4. The third-order valence-electron chi connectivity index (χ3n) is 5.69. The van der Waals surface area contributed by atoms with Crippen LogP contribution in [0.3, 0.4) is 0 Å². The van der Waals surface area contributed by atoms with E-state index in [1.54, 1.807) is 0 Å². The normalized spacial score (nSPS) is 16.6. The summed E-state index contributed by atoms with van der Waals surface area (Å²) in [6, 6.07) is 15.4. The van der Waals surface area contributed by atoms with Gasteiger partial charge in [0.25, 0.3) is 0 Å². The highest BCUT2D eigenvalue weighted by molar-refractivity contribution is 7.99. The second-order valence-corrected chi connectivity index (χ2v) is 11.7. The van der Waals surface area contributed by atoms with E-state index in [0.29, 0.717) is 11.5 Å². The summed E-state index contributed by atoms with van der Waals surface area (Å²) in [6.45, 7) is 24.1. The summed E-state index contributed by atoms with van der Waals surface area (Å²) in [6.07, 6.45) is 8.67. The second-order valence-electron chi connectivity index (χ2n) is 10.6. The standard InChI is InChI=1S/C13H18S.C12H16O.C4H10.C2H5N.C2H4O.C2H6/c1-10-4-5-12(8-11(10)2)13(3)6-7-14-9-13;1-2-4-10-5-3-6-12(9-10)13-11-7-8-11;1-4(2)3;2*1-2-3;1-2/h4-5,8H,6-7,9H2,1-3H3;3,5-6,9,11H,2,4,7-8H2,1H3;4H,1-3H3;2H,1,3H2;2H,1H3;1-2H3. The van der Waals surface area contributed by atoms with Crippen molar-refractivity contribution in [2.45, 2.75) is 113 Å². The van der Waals surface area contributed by atoms with Gasteiger partial charge in [-0.05, 0) is 98.7 Å². The zero-order valence-electron chi connectivity index (χ0n) is 26.8. The molecule has 2 aromatic rings. The summed E-state index contributed by atoms with van der Waals surface area (Å²) in [5.74, 6) is 4.49. The van der Waals surface area contributed by atoms with Crippen LogP contribution in [0.4, 0.5) is 0 Å². The van der Waals surface area contributed by atoms with Gasteiger partial charge < -0.3 is 15.3 Å². The molecular weight excluding hydrogens is 498 g/mol. The van der Waals surface area contributed by atoms with Crippen molar-refractivity contribution in [3.63, 3.8) is 0 Å². The Bertz CT molecular complexity index is 875. The summed E-state index contributed by atoms with van der Waals surface area (Å²) in [4.78, 5) is 8.81. The summed E-state index contributed by atoms with van der Waals surface area (Å²) in [5.41, 5.74) is 10.8. The molecule has 1 heterocycles. The zero-order valence-corrected chi connectivity index (χ0v) is 27.6. The summed E-state index contributed by atoms with van der Waals surface area (Å²) in [5, 5.41) is 0. The summed E-state index contributed by atoms with van der Waals surface area (Å²) in [7, 11) is 0. The Labute approximate surface area is 246 Å². The number of aryl methyl sites for hydroxylation is 3. The van der Waals surface area contributed by atoms with E-state index in [9.17, 15) is 0 Å². The molecule has 2 N–H and O–H groups in total. The lowest BCUT2D eigenvalue weighted by Crippen LogP contribution is -2.20. The first-order valence-electron chi connectivity index (χ1n) is 14.7. The van der Waals surface area contributed by atoms with Gasteiger partial charge in [-0.3, -0.25) is 0 Å². The number of thioether (sulfide) groups is 1. The number of aldehydes is 1. The van der Waals surface area contributed by atoms with Crippen molar-refractivity contribution in [3.8, 4) is 5.75 Å². The van der Waals surface area contributed by atoms with Crippen LogP contribution < -0.4 is 10.5 Å². The van der Waals surface area contributed by atoms with Crippen LogP contribution in [0.15, 0.2) is 55.2 Å². The smallest absolute Gasteiger partial charge is 0.119 e. The fourth-order valence-corrected chi connectivity index (χ4v) is 4.95. The molecule has 1 atom stereocenters. The monoisotopic (exact) mass is 557 g/mol. The fraction of sp³-hybridized carbons (Fsp3) is 0.571. The maximum absolute atomic E-state index is 8.81. The van der Waals surface area contributed by atoms with Crippen molar-refractivity contribution < 1.29 is 9.53 Å². The van der Waals surface area contributed by atoms with Gasteiger partial charge in [0.05, 0.1) is 6.10 Å². The Morgan fingerprint density at radius 3 is 2.10 bits per heavy atom. The summed E-state index contributed by atoms with van der Waals surface area (Å²) < 4.78 is 5.71.